The van der Waals surface area contributed by atoms with Gasteiger partial charge in [0.15, 0.2) is 0 Å². The summed E-state index contributed by atoms with van der Waals surface area (Å²) in [6.45, 7) is 2.42. The quantitative estimate of drug-likeness (QED) is 0.0701. The minimum Gasteiger partial charge on any atom is -0.394 e. The Labute approximate surface area is 207 Å². The summed E-state index contributed by atoms with van der Waals surface area (Å²) >= 11 is 0. The summed E-state index contributed by atoms with van der Waals surface area (Å²) < 4.78 is 59.9. The zero-order valence-electron chi connectivity index (χ0n) is 19.8. The van der Waals surface area contributed by atoms with E-state index in [-0.39, 0.29) is 43.9 Å². The highest BCUT2D eigenvalue weighted by molar-refractivity contribution is 7.46. The number of nitrogens with zero attached hydrogens (tertiary/aromatic N) is 1. The Morgan fingerprint density at radius 2 is 2.11 bits per heavy atom. The number of ether oxygens (including phenoxy) is 1. The monoisotopic (exact) mass is 542 g/mol. The van der Waals surface area contributed by atoms with Crippen molar-refractivity contribution in [1.29, 1.82) is 0 Å². The van der Waals surface area contributed by atoms with Gasteiger partial charge in [-0.3, -0.25) is 14.6 Å². The minimum atomic E-state index is -4.79. The third-order valence-electron chi connectivity index (χ3n) is 5.56. The van der Waals surface area contributed by atoms with Gasteiger partial charge in [-0.2, -0.15) is 13.2 Å². The van der Waals surface area contributed by atoms with E-state index in [2.05, 4.69) is 11.1 Å². The van der Waals surface area contributed by atoms with Crippen LogP contribution in [-0.4, -0.2) is 57.5 Å². The Morgan fingerprint density at radius 1 is 1.42 bits per heavy atom. The van der Waals surface area contributed by atoms with Gasteiger partial charge in [-0.1, -0.05) is 36.5 Å². The van der Waals surface area contributed by atoms with E-state index in [1.807, 2.05) is 6.08 Å². The highest BCUT2D eigenvalue weighted by atomic mass is 31.2. The Morgan fingerprint density at radius 3 is 2.67 bits per heavy atom. The van der Waals surface area contributed by atoms with Crippen LogP contribution in [0.15, 0.2) is 48.2 Å². The largest absolute Gasteiger partial charge is 0.469 e. The van der Waals surface area contributed by atoms with E-state index in [4.69, 9.17) is 20.3 Å². The number of aliphatic hydroxyl groups is 1. The molecule has 0 saturated heterocycles. The molecule has 0 saturated carbocycles. The highest BCUT2D eigenvalue weighted by Crippen LogP contribution is 2.37. The van der Waals surface area contributed by atoms with Gasteiger partial charge in [0.2, 0.25) is 5.70 Å². The molecule has 0 aromatic carbocycles. The van der Waals surface area contributed by atoms with Crippen LogP contribution in [0.3, 0.4) is 0 Å². The first kappa shape index (κ1) is 32.2. The molecule has 14 heteroatoms. The predicted octanol–water partition coefficient (Wildman–Crippen LogP) is 3.92. The maximum Gasteiger partial charge on any atom is 0.469 e. The maximum atomic E-state index is 13.0. The smallest absolute Gasteiger partial charge is 0.394 e. The van der Waals surface area contributed by atoms with Crippen molar-refractivity contribution in [2.75, 3.05) is 19.8 Å². The van der Waals surface area contributed by atoms with Gasteiger partial charge in [0.05, 0.1) is 36.2 Å². The molecule has 1 aliphatic rings. The molecule has 1 aliphatic carbocycles. The van der Waals surface area contributed by atoms with Crippen LogP contribution >= 0.6 is 7.82 Å². The summed E-state index contributed by atoms with van der Waals surface area (Å²) in [7, 11) is -4.79. The lowest BCUT2D eigenvalue weighted by atomic mass is 9.93. The molecule has 0 aromatic heterocycles. The molecular weight excluding hydrogens is 508 g/mol. The van der Waals surface area contributed by atoms with E-state index in [9.17, 15) is 33.0 Å². The fourth-order valence-electron chi connectivity index (χ4n) is 3.50. The zero-order chi connectivity index (χ0) is 27.4. The van der Waals surface area contributed by atoms with Crippen LogP contribution < -0.4 is 5.73 Å². The number of phosphoric acid groups is 1. The number of nitro groups is 1. The second-order valence-electron chi connectivity index (χ2n) is 8.72. The van der Waals surface area contributed by atoms with E-state index >= 15 is 0 Å². The van der Waals surface area contributed by atoms with Gasteiger partial charge in [0.25, 0.3) is 0 Å². The average molecular weight is 542 g/mol. The Bertz CT molecular complexity index is 872. The molecule has 0 amide bonds. The predicted molar refractivity (Wildman–Crippen MR) is 126 cm³/mol. The van der Waals surface area contributed by atoms with Crippen LogP contribution in [0.1, 0.15) is 44.9 Å². The Hall–Kier alpha value is -1.86. The van der Waals surface area contributed by atoms with Gasteiger partial charge in [-0.05, 0) is 38.0 Å². The van der Waals surface area contributed by atoms with Crippen molar-refractivity contribution >= 4 is 7.82 Å². The number of aliphatic hydroxyl groups excluding tert-OH is 1. The summed E-state index contributed by atoms with van der Waals surface area (Å²) in [6, 6.07) is 0. The molecule has 3 atom stereocenters. The standard InChI is InChI=1S/C22H34F3N2O8P/c1-2-17(10-11-21(26,15-28)16-35-36(31,32)33)8-9-20(14-22(23,24)25)34-12-4-6-18-5-3-7-19(13-18)27(29)30/h2-3,5,7-8,18,20,28H,1,4,6,9-16,26H2,(H2,31,32,33)/b17-8+/t18?,20-,21?/m1/s1. The molecule has 0 bridgehead atoms. The van der Waals surface area contributed by atoms with Crippen molar-refractivity contribution in [1.82, 2.24) is 0 Å². The van der Waals surface area contributed by atoms with E-state index < -0.39 is 50.2 Å². The van der Waals surface area contributed by atoms with Crippen LogP contribution in [0.5, 0.6) is 0 Å². The van der Waals surface area contributed by atoms with Crippen molar-refractivity contribution in [3.8, 4) is 0 Å². The molecule has 206 valence electrons. The molecule has 0 heterocycles. The van der Waals surface area contributed by atoms with Gasteiger partial charge in [0, 0.05) is 19.1 Å². The summed E-state index contributed by atoms with van der Waals surface area (Å²) in [5, 5.41) is 20.4. The minimum absolute atomic E-state index is 0.0294. The molecule has 5 N–H and O–H groups in total. The van der Waals surface area contributed by atoms with Crippen molar-refractivity contribution in [2.45, 2.75) is 62.8 Å². The number of hydrogen-bond acceptors (Lipinski definition) is 7. The molecule has 36 heavy (non-hydrogen) atoms. The van der Waals surface area contributed by atoms with Crippen LogP contribution in [0.25, 0.3) is 0 Å². The number of nitrogens with two attached hydrogens (primary N) is 1. The zero-order valence-corrected chi connectivity index (χ0v) is 20.7. The van der Waals surface area contributed by atoms with Gasteiger partial charge < -0.3 is 25.4 Å². The van der Waals surface area contributed by atoms with Crippen molar-refractivity contribution in [2.24, 2.45) is 11.7 Å². The molecular formula is C22H34F3N2O8P. The summed E-state index contributed by atoms with van der Waals surface area (Å²) in [5.74, 6) is -0.0788. The Balaban J connectivity index is 2.63. The van der Waals surface area contributed by atoms with Crippen molar-refractivity contribution in [3.63, 3.8) is 0 Å². The van der Waals surface area contributed by atoms with Crippen LogP contribution in [0.2, 0.25) is 0 Å². The number of halogens is 3. The summed E-state index contributed by atoms with van der Waals surface area (Å²) in [6.07, 6.45) is 2.36. The number of alkyl halides is 3. The van der Waals surface area contributed by atoms with Crippen LogP contribution in [0.4, 0.5) is 13.2 Å². The maximum absolute atomic E-state index is 13.0. The fourth-order valence-corrected chi connectivity index (χ4v) is 3.92. The van der Waals surface area contributed by atoms with Crippen LogP contribution in [0, 0.1) is 16.0 Å². The molecule has 0 fully saturated rings. The first-order valence-electron chi connectivity index (χ1n) is 11.3. The Kier molecular flexibility index (Phi) is 13.2. The normalized spacial score (nSPS) is 19.5. The molecule has 0 aliphatic heterocycles. The highest BCUT2D eigenvalue weighted by Gasteiger charge is 2.32. The second kappa shape index (κ2) is 14.8. The SMILES string of the molecule is C=C/C(=C\C[C@H](CC(F)(F)F)OCCCC1C=CC=C([N+](=O)[O-])C1)CCC(N)(CO)COP(=O)(O)O. The fraction of sp³-hybridized carbons (Fsp3) is 0.636. The number of hydrogen-bond donors (Lipinski definition) is 4. The van der Waals surface area contributed by atoms with Gasteiger partial charge in [-0.25, -0.2) is 4.57 Å². The number of allylic oxidation sites excluding steroid dienone is 6. The van der Waals surface area contributed by atoms with E-state index in [1.54, 1.807) is 6.08 Å². The second-order valence-corrected chi connectivity index (χ2v) is 9.96. The van der Waals surface area contributed by atoms with E-state index in [0.717, 1.165) is 0 Å². The van der Waals surface area contributed by atoms with Gasteiger partial charge >= 0.3 is 14.0 Å². The third kappa shape index (κ3) is 14.0. The first-order chi connectivity index (χ1) is 16.7. The van der Waals surface area contributed by atoms with E-state index in [1.165, 1.54) is 18.2 Å². The average Bonchev–Trinajstić information content (AvgIpc) is 2.79. The van der Waals surface area contributed by atoms with E-state index in [0.29, 0.717) is 18.4 Å². The lowest BCUT2D eigenvalue weighted by Crippen LogP contribution is -2.47. The molecule has 2 unspecified atom stereocenters. The topological polar surface area (TPSA) is 165 Å². The summed E-state index contributed by atoms with van der Waals surface area (Å²) in [4.78, 5) is 28.1. The lowest BCUT2D eigenvalue weighted by Gasteiger charge is -2.27. The van der Waals surface area contributed by atoms with Crippen LogP contribution in [-0.2, 0) is 13.8 Å². The molecule has 0 radical (unpaired) electrons. The molecule has 1 rings (SSSR count). The van der Waals surface area contributed by atoms with Gasteiger partial charge in [0.1, 0.15) is 0 Å². The first-order valence-corrected chi connectivity index (χ1v) is 12.8. The number of phosphoric ester groups is 1. The molecule has 0 aromatic rings. The third-order valence-corrected chi connectivity index (χ3v) is 6.03. The van der Waals surface area contributed by atoms with Gasteiger partial charge in [-0.15, -0.1) is 0 Å². The lowest BCUT2D eigenvalue weighted by molar-refractivity contribution is -0.428. The number of rotatable bonds is 17. The summed E-state index contributed by atoms with van der Waals surface area (Å²) in [5.41, 5.74) is 5.06. The van der Waals surface area contributed by atoms with Crippen molar-refractivity contribution < 1.29 is 46.8 Å². The van der Waals surface area contributed by atoms with Crippen molar-refractivity contribution in [3.05, 3.63) is 58.3 Å². The molecule has 0 spiro atoms. The molecule has 10 nitrogen and oxygen atoms in total.